The van der Waals surface area contributed by atoms with Gasteiger partial charge in [0.25, 0.3) is 0 Å². The lowest BCUT2D eigenvalue weighted by Gasteiger charge is -2.01. The van der Waals surface area contributed by atoms with Crippen molar-refractivity contribution in [2.75, 3.05) is 0 Å². The fourth-order valence-electron chi connectivity index (χ4n) is 1.54. The third-order valence-electron chi connectivity index (χ3n) is 2.46. The van der Waals surface area contributed by atoms with E-state index in [1.54, 1.807) is 17.5 Å². The number of ketones is 1. The summed E-state index contributed by atoms with van der Waals surface area (Å²) >= 11 is 0. The minimum absolute atomic E-state index is 0.0785. The molecular weight excluding hydrogens is 202 g/mol. The van der Waals surface area contributed by atoms with Gasteiger partial charge in [-0.05, 0) is 12.1 Å². The van der Waals surface area contributed by atoms with E-state index in [-0.39, 0.29) is 18.1 Å². The number of nitrogens with zero attached hydrogens (tertiary/aromatic N) is 3. The van der Waals surface area contributed by atoms with Crippen LogP contribution in [0.2, 0.25) is 0 Å². The van der Waals surface area contributed by atoms with Crippen molar-refractivity contribution in [1.29, 1.82) is 5.26 Å². The molecule has 0 spiro atoms. The van der Waals surface area contributed by atoms with Crippen LogP contribution in [0.25, 0.3) is 5.65 Å². The standard InChI is InChI=1S/C12H11N3O/c1-9(5-6-13)12(16)10-8-15-7-3-2-4-11(15)14-10/h2-4,7-9H,5H2,1H3. The predicted molar refractivity (Wildman–Crippen MR) is 58.9 cm³/mol. The van der Waals surface area contributed by atoms with E-state index >= 15 is 0 Å². The second-order valence-corrected chi connectivity index (χ2v) is 3.72. The van der Waals surface area contributed by atoms with E-state index in [0.717, 1.165) is 5.65 Å². The Morgan fingerprint density at radius 2 is 2.44 bits per heavy atom. The van der Waals surface area contributed by atoms with E-state index in [1.165, 1.54) is 0 Å². The van der Waals surface area contributed by atoms with Gasteiger partial charge in [0, 0.05) is 24.7 Å². The molecule has 0 amide bonds. The molecule has 2 aromatic rings. The molecule has 2 aromatic heterocycles. The lowest BCUT2D eigenvalue weighted by molar-refractivity contribution is 0.0927. The molecule has 0 aliphatic heterocycles. The zero-order valence-corrected chi connectivity index (χ0v) is 8.92. The maximum Gasteiger partial charge on any atom is 0.186 e. The summed E-state index contributed by atoms with van der Waals surface area (Å²) in [6.07, 6.45) is 3.77. The third kappa shape index (κ3) is 1.80. The third-order valence-corrected chi connectivity index (χ3v) is 2.46. The number of hydrogen-bond acceptors (Lipinski definition) is 3. The first-order chi connectivity index (χ1) is 7.72. The molecule has 0 aromatic carbocycles. The summed E-state index contributed by atoms with van der Waals surface area (Å²) < 4.78 is 1.80. The number of pyridine rings is 1. The molecule has 1 atom stereocenters. The zero-order valence-electron chi connectivity index (χ0n) is 8.92. The van der Waals surface area contributed by atoms with Crippen LogP contribution in [0.1, 0.15) is 23.8 Å². The maximum absolute atomic E-state index is 11.9. The van der Waals surface area contributed by atoms with Gasteiger partial charge >= 0.3 is 0 Å². The lowest BCUT2D eigenvalue weighted by Crippen LogP contribution is -2.10. The van der Waals surface area contributed by atoms with Crippen LogP contribution in [0.4, 0.5) is 0 Å². The van der Waals surface area contributed by atoms with Crippen molar-refractivity contribution in [3.8, 4) is 6.07 Å². The Hall–Kier alpha value is -2.15. The van der Waals surface area contributed by atoms with Crippen molar-refractivity contribution in [1.82, 2.24) is 9.38 Å². The Labute approximate surface area is 93.1 Å². The molecule has 2 rings (SSSR count). The molecule has 0 N–H and O–H groups in total. The first kappa shape index (κ1) is 10.4. The normalized spacial score (nSPS) is 12.2. The molecule has 80 valence electrons. The van der Waals surface area contributed by atoms with Crippen LogP contribution >= 0.6 is 0 Å². The van der Waals surface area contributed by atoms with Crippen molar-refractivity contribution >= 4 is 11.4 Å². The van der Waals surface area contributed by atoms with Crippen LogP contribution in [0.3, 0.4) is 0 Å². The van der Waals surface area contributed by atoms with Crippen LogP contribution in [0, 0.1) is 17.2 Å². The maximum atomic E-state index is 11.9. The summed E-state index contributed by atoms with van der Waals surface area (Å²) in [5, 5.41) is 8.54. The highest BCUT2D eigenvalue weighted by Gasteiger charge is 2.17. The van der Waals surface area contributed by atoms with E-state index < -0.39 is 0 Å². The van der Waals surface area contributed by atoms with Gasteiger partial charge in [0.15, 0.2) is 5.78 Å². The van der Waals surface area contributed by atoms with Crippen LogP contribution < -0.4 is 0 Å². The number of hydrogen-bond donors (Lipinski definition) is 0. The highest BCUT2D eigenvalue weighted by Crippen LogP contribution is 2.12. The van der Waals surface area contributed by atoms with Crippen molar-refractivity contribution in [3.05, 3.63) is 36.3 Å². The van der Waals surface area contributed by atoms with E-state index in [0.29, 0.717) is 5.69 Å². The molecule has 4 nitrogen and oxygen atoms in total. The molecule has 4 heteroatoms. The largest absolute Gasteiger partial charge is 0.306 e. The van der Waals surface area contributed by atoms with E-state index in [2.05, 4.69) is 4.98 Å². The Bertz CT molecular complexity index is 532. The fourth-order valence-corrected chi connectivity index (χ4v) is 1.54. The quantitative estimate of drug-likeness (QED) is 0.733. The SMILES string of the molecule is CC(CC#N)C(=O)c1cn2ccccc2n1. The summed E-state index contributed by atoms with van der Waals surface area (Å²) in [5.74, 6) is -0.375. The summed E-state index contributed by atoms with van der Waals surface area (Å²) in [4.78, 5) is 16.1. The number of fused-ring (bicyclic) bond motifs is 1. The molecule has 0 bridgehead atoms. The number of carbonyl (C=O) groups is 1. The van der Waals surface area contributed by atoms with Gasteiger partial charge in [-0.2, -0.15) is 5.26 Å². The molecule has 0 radical (unpaired) electrons. The smallest absolute Gasteiger partial charge is 0.186 e. The van der Waals surface area contributed by atoms with E-state index in [4.69, 9.17) is 5.26 Å². The van der Waals surface area contributed by atoms with Gasteiger partial charge in [-0.3, -0.25) is 4.79 Å². The number of aromatic nitrogens is 2. The van der Waals surface area contributed by atoms with Gasteiger partial charge in [0.1, 0.15) is 11.3 Å². The highest BCUT2D eigenvalue weighted by molar-refractivity contribution is 5.96. The van der Waals surface area contributed by atoms with Crippen LogP contribution in [-0.2, 0) is 0 Å². The van der Waals surface area contributed by atoms with Crippen molar-refractivity contribution < 1.29 is 4.79 Å². The Kier molecular flexibility index (Phi) is 2.69. The van der Waals surface area contributed by atoms with Crippen molar-refractivity contribution in [2.24, 2.45) is 5.92 Å². The minimum atomic E-state index is -0.296. The van der Waals surface area contributed by atoms with Crippen LogP contribution in [0.5, 0.6) is 0 Å². The van der Waals surface area contributed by atoms with Gasteiger partial charge in [-0.25, -0.2) is 4.98 Å². The highest BCUT2D eigenvalue weighted by atomic mass is 16.1. The van der Waals surface area contributed by atoms with Gasteiger partial charge in [0.2, 0.25) is 0 Å². The summed E-state index contributed by atoms with van der Waals surface area (Å²) in [6.45, 7) is 1.75. The molecular formula is C12H11N3O. The summed E-state index contributed by atoms with van der Waals surface area (Å²) in [5.41, 5.74) is 1.17. The Balaban J connectivity index is 2.34. The molecule has 0 saturated heterocycles. The first-order valence-electron chi connectivity index (χ1n) is 5.07. The van der Waals surface area contributed by atoms with Gasteiger partial charge in [0.05, 0.1) is 6.07 Å². The average molecular weight is 213 g/mol. The predicted octanol–water partition coefficient (Wildman–Crippen LogP) is 2.07. The Morgan fingerprint density at radius 1 is 1.62 bits per heavy atom. The Morgan fingerprint density at radius 3 is 3.12 bits per heavy atom. The molecule has 0 fully saturated rings. The molecule has 0 aliphatic rings. The fraction of sp³-hybridized carbons (Fsp3) is 0.250. The topological polar surface area (TPSA) is 58.2 Å². The van der Waals surface area contributed by atoms with E-state index in [1.807, 2.05) is 30.5 Å². The number of rotatable bonds is 3. The number of carbonyl (C=O) groups excluding carboxylic acids is 1. The van der Waals surface area contributed by atoms with E-state index in [9.17, 15) is 4.79 Å². The van der Waals surface area contributed by atoms with Gasteiger partial charge < -0.3 is 4.40 Å². The first-order valence-corrected chi connectivity index (χ1v) is 5.07. The second-order valence-electron chi connectivity index (χ2n) is 3.72. The van der Waals surface area contributed by atoms with Crippen molar-refractivity contribution in [3.63, 3.8) is 0 Å². The zero-order chi connectivity index (χ0) is 11.5. The van der Waals surface area contributed by atoms with Gasteiger partial charge in [-0.15, -0.1) is 0 Å². The second kappa shape index (κ2) is 4.15. The minimum Gasteiger partial charge on any atom is -0.306 e. The summed E-state index contributed by atoms with van der Waals surface area (Å²) in [6, 6.07) is 7.58. The lowest BCUT2D eigenvalue weighted by atomic mass is 10.0. The number of nitriles is 1. The number of imidazole rings is 1. The molecule has 16 heavy (non-hydrogen) atoms. The molecule has 0 saturated carbocycles. The average Bonchev–Trinajstić information content (AvgIpc) is 2.71. The van der Waals surface area contributed by atoms with Gasteiger partial charge in [-0.1, -0.05) is 13.0 Å². The number of Topliss-reactive ketones (excluding diaryl/α,β-unsaturated/α-hetero) is 1. The monoisotopic (exact) mass is 213 g/mol. The van der Waals surface area contributed by atoms with Crippen molar-refractivity contribution in [2.45, 2.75) is 13.3 Å². The molecule has 1 unspecified atom stereocenters. The van der Waals surface area contributed by atoms with Crippen LogP contribution in [-0.4, -0.2) is 15.2 Å². The molecule has 0 aliphatic carbocycles. The van der Waals surface area contributed by atoms with Crippen LogP contribution in [0.15, 0.2) is 30.6 Å². The summed E-state index contributed by atoms with van der Waals surface area (Å²) in [7, 11) is 0. The molecule has 2 heterocycles.